The third-order valence-electron chi connectivity index (χ3n) is 25.1. The van der Waals surface area contributed by atoms with Gasteiger partial charge in [-0.25, -0.2) is 19.9 Å². The zero-order valence-corrected chi connectivity index (χ0v) is 80.3. The first-order valence-corrected chi connectivity index (χ1v) is 49.2. The number of amides is 10. The number of benzene rings is 7. The molecule has 34 heteroatoms. The molecule has 0 unspecified atom stereocenters. The number of thiazole rings is 4. The fourth-order valence-electron chi connectivity index (χ4n) is 17.5. The lowest BCUT2D eigenvalue weighted by atomic mass is 9.74. The molecule has 9 atom stereocenters. The molecule has 5 fully saturated rings. The van der Waals surface area contributed by atoms with E-state index in [0.29, 0.717) is 80.3 Å². The molecule has 9 N–H and O–H groups in total. The number of thiol groups is 1. The number of rotatable bonds is 27. The second kappa shape index (κ2) is 45.4. The van der Waals surface area contributed by atoms with Gasteiger partial charge in [-0.2, -0.15) is 12.6 Å². The van der Waals surface area contributed by atoms with Crippen LogP contribution in [0.4, 0.5) is 0 Å². The van der Waals surface area contributed by atoms with Crippen molar-refractivity contribution < 1.29 is 73.1 Å². The van der Waals surface area contributed by atoms with Gasteiger partial charge >= 0.3 is 0 Å². The van der Waals surface area contributed by atoms with Gasteiger partial charge in [-0.1, -0.05) is 153 Å². The standard InChI is InChI=1S/C29H30N4O4S.C25H34N4O4S2.C24H25N3O4S.C23H23N3O3S/c1-18-25(38-17-31-18)20-9-7-19(8-10-20)14-30-26(35)24-13-22(34)16-32(24)28(37)29(11-4-12-29)33-15-21-5-2-3-6-23(21)27(33)36;1-15(2)4-9-22(31)28-20(13-34)25(33)29-12-19(30)10-21(29)24(32)26-11-17-5-7-18(8-6-17)23-16(3)27-14-35-23;1-15-22(32-14-26-15)17-8-6-16(7-9-17)12-25-23(29)21-11-19(28)13-27(21)24(30)18-4-3-5-20(10-18)31-2;1-15-21(30-14-25-15)17-9-7-16(8-10-17)12-24-22(28)20-11-19(27)13-26(20)23(29)18-5-3-2-4-6-18/h2-3,5-10,17,22,24,34H,4,11-16H2,1H3,(H,30,35);5-8,14-15,19-21,30,34H,4,9-13H2,1-3H3,(H,26,32)(H,28,31);3-10,14,19,21,28H,11-13H2,1-2H3,(H,25,29);2-10,14,19-20,27H,11-13H2,1H3,(H,24,28)/t22-,24+;19-,20+,21+;19-,21+;19-,20+/m1111/s1. The molecule has 1 saturated carbocycles. The zero-order valence-electron chi connectivity index (χ0n) is 76.1. The number of aliphatic hydroxyl groups is 4. The van der Waals surface area contributed by atoms with Crippen LogP contribution < -0.4 is 31.3 Å². The van der Waals surface area contributed by atoms with E-state index in [2.05, 4.69) is 59.1 Å². The van der Waals surface area contributed by atoms with Gasteiger partial charge in [-0.15, -0.1) is 45.3 Å². The summed E-state index contributed by atoms with van der Waals surface area (Å²) in [7, 11) is 1.53. The van der Waals surface area contributed by atoms with Crippen LogP contribution in [-0.4, -0.2) is 223 Å². The lowest BCUT2D eigenvalue weighted by Gasteiger charge is -2.49. The number of ether oxygens (including phenoxy) is 1. The zero-order chi connectivity index (χ0) is 95.7. The average molecular weight is 1920 g/mol. The number of carbonyl (C=O) groups excluding carboxylic acids is 10. The fourth-order valence-corrected chi connectivity index (χ4v) is 21.0. The molecule has 135 heavy (non-hydrogen) atoms. The van der Waals surface area contributed by atoms with Crippen LogP contribution in [-0.2, 0) is 66.3 Å². The second-order valence-electron chi connectivity index (χ2n) is 35.0. The van der Waals surface area contributed by atoms with E-state index in [4.69, 9.17) is 4.74 Å². The number of aliphatic hydroxyl groups excluding tert-OH is 4. The number of aryl methyl sites for hydroxylation is 4. The Morgan fingerprint density at radius 2 is 0.830 bits per heavy atom. The van der Waals surface area contributed by atoms with Crippen LogP contribution in [0.1, 0.15) is 153 Å². The minimum Gasteiger partial charge on any atom is -0.497 e. The van der Waals surface area contributed by atoms with Crippen molar-refractivity contribution in [3.8, 4) is 47.5 Å². The van der Waals surface area contributed by atoms with Gasteiger partial charge in [0.1, 0.15) is 41.5 Å². The summed E-state index contributed by atoms with van der Waals surface area (Å²) < 4.78 is 5.19. The molecule has 11 aromatic rings. The maximum atomic E-state index is 14.0. The molecule has 6 aliphatic rings. The predicted molar refractivity (Wildman–Crippen MR) is 522 cm³/mol. The molecule has 0 bridgehead atoms. The Balaban J connectivity index is 0.000000145. The maximum absolute atomic E-state index is 14.0. The highest BCUT2D eigenvalue weighted by molar-refractivity contribution is 7.80. The Kier molecular flexibility index (Phi) is 33.2. The smallest absolute Gasteiger partial charge is 0.255 e. The van der Waals surface area contributed by atoms with Gasteiger partial charge in [0.15, 0.2) is 0 Å². The van der Waals surface area contributed by atoms with Gasteiger partial charge in [0, 0.05) is 113 Å². The summed E-state index contributed by atoms with van der Waals surface area (Å²) in [5.74, 6) is -1.63. The summed E-state index contributed by atoms with van der Waals surface area (Å²) in [6, 6.07) is 51.1. The molecule has 1 aliphatic carbocycles. The van der Waals surface area contributed by atoms with E-state index in [1.165, 1.54) is 26.7 Å². The molecule has 0 spiro atoms. The summed E-state index contributed by atoms with van der Waals surface area (Å²) >= 11 is 10.6. The highest BCUT2D eigenvalue weighted by atomic mass is 32.1. The molecule has 9 heterocycles. The number of aromatic nitrogens is 4. The Hall–Kier alpha value is -12.3. The number of nitrogens with one attached hydrogen (secondary N) is 5. The third kappa shape index (κ3) is 24.0. The van der Waals surface area contributed by atoms with Crippen molar-refractivity contribution in [1.82, 2.24) is 71.0 Å². The highest BCUT2D eigenvalue weighted by Crippen LogP contribution is 2.45. The third-order valence-corrected chi connectivity index (χ3v) is 29.4. The predicted octanol–water partition coefficient (Wildman–Crippen LogP) is 11.9. The molecule has 29 nitrogen and oxygen atoms in total. The largest absolute Gasteiger partial charge is 0.497 e. The van der Waals surface area contributed by atoms with Crippen molar-refractivity contribution >= 4 is 117 Å². The fraction of sp³-hybridized carbons (Fsp3) is 0.366. The van der Waals surface area contributed by atoms with Crippen molar-refractivity contribution in [2.24, 2.45) is 5.92 Å². The van der Waals surface area contributed by atoms with Crippen molar-refractivity contribution in [2.45, 2.75) is 192 Å². The molecule has 706 valence electrons. The van der Waals surface area contributed by atoms with Crippen molar-refractivity contribution in [3.05, 3.63) is 265 Å². The van der Waals surface area contributed by atoms with Crippen LogP contribution >= 0.6 is 58.0 Å². The summed E-state index contributed by atoms with van der Waals surface area (Å²) in [6.07, 6.45) is 0.811. The van der Waals surface area contributed by atoms with Crippen LogP contribution in [0, 0.1) is 33.6 Å². The van der Waals surface area contributed by atoms with Gasteiger partial charge < -0.3 is 76.2 Å². The number of hydrogen-bond acceptors (Lipinski definition) is 24. The van der Waals surface area contributed by atoms with E-state index in [-0.39, 0.29) is 111 Å². The molecular weight excluding hydrogens is 1810 g/mol. The van der Waals surface area contributed by atoms with Crippen LogP contribution in [0.15, 0.2) is 198 Å². The molecule has 4 saturated heterocycles. The van der Waals surface area contributed by atoms with Gasteiger partial charge in [0.2, 0.25) is 41.4 Å². The molecule has 5 aliphatic heterocycles. The van der Waals surface area contributed by atoms with E-state index in [1.54, 1.807) is 105 Å². The lowest BCUT2D eigenvalue weighted by Crippen LogP contribution is -2.65. The molecule has 7 aromatic carbocycles. The quantitative estimate of drug-likeness (QED) is 0.0214. The highest BCUT2D eigenvalue weighted by Gasteiger charge is 2.57. The summed E-state index contributed by atoms with van der Waals surface area (Å²) in [5, 5.41) is 55.2. The van der Waals surface area contributed by atoms with E-state index < -0.39 is 66.1 Å². The number of β-amino-alcohol motifs (C(OH)–C–C–N with tert-alkyl or cyclic N) is 4. The Labute approximate surface area is 805 Å². The van der Waals surface area contributed by atoms with Gasteiger partial charge in [0.25, 0.3) is 17.7 Å². The SMILES string of the molecule is COc1cccc(C(=O)N2C[C@H](O)C[C@H]2C(=O)NCc2ccc(-c3scnc3C)cc2)c1.Cc1ncsc1-c1ccc(CNC(=O)[C@@H]2C[C@@H](O)CN2C(=O)C2(N3Cc4ccccc4C3=O)CCC2)cc1.Cc1ncsc1-c1ccc(CNC(=O)[C@@H]2C[C@@H](O)CN2C(=O)[C@H](CS)NC(=O)CCC(C)C)cc1.Cc1ncsc1-c1ccc(CNC(=O)[C@@H]2C[C@@H](O)CN2C(=O)c2ccccc2)cc1. The Morgan fingerprint density at radius 3 is 1.19 bits per heavy atom. The Bertz CT molecular complexity index is 6010. The summed E-state index contributed by atoms with van der Waals surface area (Å²) in [5.41, 5.74) is 20.9. The first-order chi connectivity index (χ1) is 65.0. The minimum atomic E-state index is -0.955. The second-order valence-corrected chi connectivity index (χ2v) is 38.8. The number of methoxy groups -OCH3 is 1. The average Bonchev–Trinajstić information content (AvgIpc) is 1.55. The first kappa shape index (κ1) is 98.7. The van der Waals surface area contributed by atoms with Gasteiger partial charge in [0.05, 0.1) is 95.9 Å². The van der Waals surface area contributed by atoms with Crippen molar-refractivity contribution in [2.75, 3.05) is 39.0 Å². The Morgan fingerprint density at radius 1 is 0.467 bits per heavy atom. The molecule has 4 aromatic heterocycles. The van der Waals surface area contributed by atoms with E-state index in [9.17, 15) is 68.4 Å². The monoisotopic (exact) mass is 1920 g/mol. The lowest BCUT2D eigenvalue weighted by molar-refractivity contribution is -0.153. The van der Waals surface area contributed by atoms with E-state index in [1.807, 2.05) is 185 Å². The van der Waals surface area contributed by atoms with E-state index >= 15 is 0 Å². The molecular formula is C101H112N14O15S5. The number of carbonyl (C=O) groups is 10. The molecule has 17 rings (SSSR count). The van der Waals surface area contributed by atoms with Crippen LogP contribution in [0.3, 0.4) is 0 Å². The van der Waals surface area contributed by atoms with Crippen LogP contribution in [0.5, 0.6) is 5.75 Å². The molecule has 10 amide bonds. The summed E-state index contributed by atoms with van der Waals surface area (Å²) in [4.78, 5) is 159. The van der Waals surface area contributed by atoms with Crippen molar-refractivity contribution in [1.29, 1.82) is 0 Å². The number of likely N-dealkylation sites (tertiary alicyclic amines) is 4. The number of hydrogen-bond donors (Lipinski definition) is 10. The number of nitrogens with zero attached hydrogens (tertiary/aromatic N) is 9. The normalized spacial score (nSPS) is 19.3. The van der Waals surface area contributed by atoms with E-state index in [0.717, 1.165) is 105 Å². The van der Waals surface area contributed by atoms with Gasteiger partial charge in [-0.05, 0) is 146 Å². The minimum absolute atomic E-state index is 0.0476. The van der Waals surface area contributed by atoms with Crippen molar-refractivity contribution in [3.63, 3.8) is 0 Å². The van der Waals surface area contributed by atoms with Crippen LogP contribution in [0.2, 0.25) is 0 Å². The van der Waals surface area contributed by atoms with Gasteiger partial charge in [-0.3, -0.25) is 47.9 Å². The first-order valence-electron chi connectivity index (χ1n) is 45.1. The number of fused-ring (bicyclic) bond motifs is 1. The maximum Gasteiger partial charge on any atom is 0.255 e. The molecule has 0 radical (unpaired) electrons. The topological polar surface area (TPSA) is 389 Å². The van der Waals surface area contributed by atoms with Crippen LogP contribution in [0.25, 0.3) is 41.8 Å². The summed E-state index contributed by atoms with van der Waals surface area (Å²) in [6.45, 7) is 14.1.